The number of hydrogen-bond acceptors (Lipinski definition) is 13. The van der Waals surface area contributed by atoms with Gasteiger partial charge in [0.2, 0.25) is 17.7 Å². The Morgan fingerprint density at radius 3 is 2.23 bits per heavy atom. The minimum Gasteiger partial charge on any atom is -0.488 e. The number of rotatable bonds is 20. The van der Waals surface area contributed by atoms with Crippen LogP contribution in [0.5, 0.6) is 5.75 Å². The van der Waals surface area contributed by atoms with E-state index in [1.165, 1.54) is 47.9 Å². The van der Waals surface area contributed by atoms with Crippen LogP contribution in [0.4, 0.5) is 28.9 Å². The summed E-state index contributed by atoms with van der Waals surface area (Å²) < 4.78 is 78.4. The molecule has 0 spiro atoms. The molecule has 3 N–H and O–H groups in total. The number of aromatic nitrogens is 1. The maximum atomic E-state index is 15.3. The third kappa shape index (κ3) is 13.1. The number of aliphatic hydroxyl groups excluding tert-OH is 1. The van der Waals surface area contributed by atoms with Gasteiger partial charge in [-0.2, -0.15) is 18.4 Å². The number of aryl methyl sites for hydroxylation is 1. The van der Waals surface area contributed by atoms with E-state index in [4.69, 9.17) is 31.2 Å². The first-order valence-electron chi connectivity index (χ1n) is 22.5. The van der Waals surface area contributed by atoms with Crippen molar-refractivity contribution in [3.05, 3.63) is 94.4 Å². The van der Waals surface area contributed by atoms with Gasteiger partial charge in [-0.3, -0.25) is 24.1 Å². The zero-order valence-electron chi connectivity index (χ0n) is 39.9. The fourth-order valence-electron chi connectivity index (χ4n) is 8.00. The molecule has 3 atom stereocenters. The molecule has 0 bridgehead atoms. The first-order chi connectivity index (χ1) is 33.5. The lowest BCUT2D eigenvalue weighted by atomic mass is 9.85. The maximum absolute atomic E-state index is 15.3. The molecule has 2 aliphatic rings. The molecule has 1 unspecified atom stereocenters. The number of nitrogens with one attached hydrogen (secondary N) is 2. The van der Waals surface area contributed by atoms with Gasteiger partial charge in [0, 0.05) is 31.3 Å². The lowest BCUT2D eigenvalue weighted by Crippen LogP contribution is -2.58. The monoisotopic (exact) mass is 1030 g/mol. The van der Waals surface area contributed by atoms with Gasteiger partial charge in [-0.25, -0.2) is 9.37 Å². The number of benzene rings is 3. The summed E-state index contributed by atoms with van der Waals surface area (Å²) in [6.07, 6.45) is -5.72. The second-order valence-electron chi connectivity index (χ2n) is 18.3. The number of nitrogens with zero attached hydrogens (tertiary/aromatic N) is 5. The second-order valence-corrected chi connectivity index (χ2v) is 19.6. The van der Waals surface area contributed by atoms with Crippen LogP contribution in [-0.4, -0.2) is 120 Å². The van der Waals surface area contributed by atoms with Crippen molar-refractivity contribution in [1.82, 2.24) is 20.5 Å². The highest BCUT2D eigenvalue weighted by molar-refractivity contribution is 7.81. The molecule has 4 aromatic rings. The number of aliphatic hydroxyl groups is 1. The van der Waals surface area contributed by atoms with Gasteiger partial charge in [0.05, 0.1) is 78.1 Å². The Kier molecular flexibility index (Phi) is 17.6. The molecule has 0 saturated carbocycles. The molecule has 2 fully saturated rings. The fraction of sp³-hybridized carbons (Fsp3) is 0.449. The van der Waals surface area contributed by atoms with E-state index in [9.17, 15) is 42.7 Å². The van der Waals surface area contributed by atoms with Crippen LogP contribution in [0.1, 0.15) is 63.4 Å². The highest BCUT2D eigenvalue weighted by atomic mass is 32.1. The van der Waals surface area contributed by atoms with E-state index < -0.39 is 75.9 Å². The quantitative estimate of drug-likeness (QED) is 0.0508. The Bertz CT molecular complexity index is 2640. The summed E-state index contributed by atoms with van der Waals surface area (Å²) in [5, 5.41) is 25.2. The zero-order chi connectivity index (χ0) is 51.8. The Morgan fingerprint density at radius 1 is 0.972 bits per heavy atom. The van der Waals surface area contributed by atoms with Crippen LogP contribution in [0.25, 0.3) is 10.4 Å². The molecule has 1 aromatic heterocycles. The van der Waals surface area contributed by atoms with E-state index >= 15 is 4.39 Å². The smallest absolute Gasteiger partial charge is 0.417 e. The van der Waals surface area contributed by atoms with E-state index in [1.807, 2.05) is 31.2 Å². The van der Waals surface area contributed by atoms with Crippen LogP contribution in [0.15, 0.2) is 66.2 Å². The predicted molar refractivity (Wildman–Crippen MR) is 259 cm³/mol. The Labute approximate surface area is 417 Å². The standard InChI is InChI=1S/C49H55F4N7O9S2/c1-29-41(71-28-56-29)31-9-7-30(8-10-31)25-55-43(63)38-23-35(61)26-58(38)44(64)42(47(2,3)4)57-40(62)27-68-18-17-66-15-16-67-19-20-69-39-14-13-34(22-37(39)50)60-46(70)59(45(65)48(60,5)6)33-12-11-32(24-54)36(21-33)49(51,52)53/h7-14,21-22,28,35,38,42,61H,15-20,23,25-27H2,1-6H3,(H,55,63)(H,57,62)/t35?,38-,42+/m0/s1. The van der Waals surface area contributed by atoms with Gasteiger partial charge in [-0.05, 0) is 79.9 Å². The van der Waals surface area contributed by atoms with Crippen LogP contribution >= 0.6 is 23.6 Å². The molecule has 4 amide bonds. The van der Waals surface area contributed by atoms with Gasteiger partial charge in [0.1, 0.15) is 30.8 Å². The van der Waals surface area contributed by atoms with E-state index in [0.717, 1.165) is 38.7 Å². The number of nitriles is 1. The largest absolute Gasteiger partial charge is 0.488 e. The van der Waals surface area contributed by atoms with Crippen LogP contribution < -0.4 is 25.2 Å². The highest BCUT2D eigenvalue weighted by Gasteiger charge is 2.51. The summed E-state index contributed by atoms with van der Waals surface area (Å²) in [4.78, 5) is 62.7. The second kappa shape index (κ2) is 23.0. The minimum absolute atomic E-state index is 0.0388. The molecule has 0 aliphatic carbocycles. The molecule has 380 valence electrons. The highest BCUT2D eigenvalue weighted by Crippen LogP contribution is 2.40. The number of thiocarbonyl (C=S) groups is 1. The zero-order valence-corrected chi connectivity index (χ0v) is 41.6. The van der Waals surface area contributed by atoms with Crippen molar-refractivity contribution >= 4 is 63.7 Å². The normalized spacial score (nSPS) is 17.4. The first kappa shape index (κ1) is 54.2. The topological polar surface area (TPSA) is 196 Å². The molecular formula is C49H55F4N7O9S2. The number of alkyl halides is 3. The number of thiazole rings is 1. The van der Waals surface area contributed by atoms with Gasteiger partial charge in [-0.1, -0.05) is 45.0 Å². The van der Waals surface area contributed by atoms with Crippen LogP contribution in [0, 0.1) is 29.5 Å². The van der Waals surface area contributed by atoms with Gasteiger partial charge in [0.15, 0.2) is 16.7 Å². The van der Waals surface area contributed by atoms with E-state index in [-0.39, 0.29) is 88.0 Å². The lowest BCUT2D eigenvalue weighted by Gasteiger charge is -2.35. The van der Waals surface area contributed by atoms with Gasteiger partial charge < -0.3 is 44.5 Å². The molecule has 3 aromatic carbocycles. The third-order valence-electron chi connectivity index (χ3n) is 11.7. The number of hydrogen-bond donors (Lipinski definition) is 3. The van der Waals surface area contributed by atoms with E-state index in [0.29, 0.717) is 6.07 Å². The number of carbonyl (C=O) groups is 4. The number of likely N-dealkylation sites (tertiary alicyclic amines) is 1. The summed E-state index contributed by atoms with van der Waals surface area (Å²) in [5.41, 5.74) is 0.555. The summed E-state index contributed by atoms with van der Waals surface area (Å²) in [5.74, 6) is -3.04. The van der Waals surface area contributed by atoms with Crippen LogP contribution in [0.2, 0.25) is 0 Å². The first-order valence-corrected chi connectivity index (χ1v) is 23.8. The van der Waals surface area contributed by atoms with Gasteiger partial charge >= 0.3 is 6.18 Å². The SMILES string of the molecule is Cc1ncsc1-c1ccc(CNC(=O)[C@@H]2CC(O)CN2C(=O)[C@@H](NC(=O)COCCOCCOCCOc2ccc(N3C(=S)N(c4ccc(C#N)c(C(F)(F)F)c4)C(=O)C3(C)C)cc2F)C(C)(C)C)cc1. The third-order valence-corrected chi connectivity index (χ3v) is 13.0. The minimum atomic E-state index is -4.86. The summed E-state index contributed by atoms with van der Waals surface area (Å²) in [6.45, 7) is 10.6. The van der Waals surface area contributed by atoms with Crippen molar-refractivity contribution < 1.29 is 60.8 Å². The van der Waals surface area contributed by atoms with E-state index in [1.54, 1.807) is 37.6 Å². The number of halogens is 4. The number of ether oxygens (including phenoxy) is 4. The average molecular weight is 1030 g/mol. The molecule has 3 heterocycles. The number of amides is 4. The van der Waals surface area contributed by atoms with Crippen molar-refractivity contribution in [1.29, 1.82) is 5.26 Å². The molecule has 0 radical (unpaired) electrons. The summed E-state index contributed by atoms with van der Waals surface area (Å²) >= 11 is 7.07. The summed E-state index contributed by atoms with van der Waals surface area (Å²) in [6, 6.07) is 14.0. The molecule has 6 rings (SSSR count). The number of β-amino-alcohol motifs (C(OH)–C–C–N with tert-alkyl or cyclic N) is 1. The van der Waals surface area contributed by atoms with Crippen molar-refractivity contribution in [3.63, 3.8) is 0 Å². The molecule has 71 heavy (non-hydrogen) atoms. The van der Waals surface area contributed by atoms with Gasteiger partial charge in [-0.15, -0.1) is 11.3 Å². The molecule has 22 heteroatoms. The van der Waals surface area contributed by atoms with E-state index in [2.05, 4.69) is 15.6 Å². The Morgan fingerprint density at radius 2 is 1.62 bits per heavy atom. The van der Waals surface area contributed by atoms with Crippen LogP contribution in [0.3, 0.4) is 0 Å². The predicted octanol–water partition coefficient (Wildman–Crippen LogP) is 6.30. The van der Waals surface area contributed by atoms with Crippen molar-refractivity contribution in [3.8, 4) is 22.3 Å². The number of anilines is 2. The van der Waals surface area contributed by atoms with Crippen molar-refractivity contribution in [2.45, 2.75) is 84.4 Å². The Balaban J connectivity index is 0.879. The number of carbonyl (C=O) groups excluding carboxylic acids is 4. The fourth-order valence-corrected chi connectivity index (χ4v) is 9.34. The molecule has 2 aliphatic heterocycles. The van der Waals surface area contributed by atoms with Crippen molar-refractivity contribution in [2.24, 2.45) is 5.41 Å². The average Bonchev–Trinajstić information content (AvgIpc) is 3.98. The maximum Gasteiger partial charge on any atom is 0.417 e. The lowest BCUT2D eigenvalue weighted by molar-refractivity contribution is -0.144. The van der Waals surface area contributed by atoms with Crippen molar-refractivity contribution in [2.75, 3.05) is 62.6 Å². The molecule has 2 saturated heterocycles. The van der Waals surface area contributed by atoms with Gasteiger partial charge in [0.25, 0.3) is 5.91 Å². The Hall–Kier alpha value is -6.09. The molecular weight excluding hydrogens is 971 g/mol. The van der Waals surface area contributed by atoms with Crippen LogP contribution in [-0.2, 0) is 46.1 Å². The summed E-state index contributed by atoms with van der Waals surface area (Å²) in [7, 11) is 0. The molecule has 16 nitrogen and oxygen atoms in total.